The molecular weight excluding hydrogens is 314 g/mol. The molecule has 0 spiro atoms. The van der Waals surface area contributed by atoms with Crippen molar-refractivity contribution in [2.45, 2.75) is 42.4 Å². The maximum atomic E-state index is 12.6. The third-order valence-electron chi connectivity index (χ3n) is 4.58. The fourth-order valence-corrected chi connectivity index (χ4v) is 4.50. The largest absolute Gasteiger partial charge is 0.339 e. The van der Waals surface area contributed by atoms with E-state index in [4.69, 9.17) is 4.52 Å². The van der Waals surface area contributed by atoms with Crippen LogP contribution in [0.15, 0.2) is 39.8 Å². The van der Waals surface area contributed by atoms with E-state index in [1.165, 1.54) is 0 Å². The zero-order valence-electron chi connectivity index (χ0n) is 12.8. The van der Waals surface area contributed by atoms with Crippen LogP contribution in [0.3, 0.4) is 0 Å². The summed E-state index contributed by atoms with van der Waals surface area (Å²) in [7, 11) is -3.40. The fourth-order valence-electron chi connectivity index (χ4n) is 3.01. The first kappa shape index (κ1) is 14.8. The van der Waals surface area contributed by atoms with E-state index in [0.717, 1.165) is 31.5 Å². The summed E-state index contributed by atoms with van der Waals surface area (Å²) in [6, 6.07) is 8.59. The van der Waals surface area contributed by atoms with Crippen LogP contribution in [0.5, 0.6) is 0 Å². The Morgan fingerprint density at radius 3 is 2.35 bits per heavy atom. The Morgan fingerprint density at radius 2 is 1.70 bits per heavy atom. The fraction of sp³-hybridized carbons (Fsp3) is 0.500. The molecule has 0 unspecified atom stereocenters. The van der Waals surface area contributed by atoms with Gasteiger partial charge in [-0.3, -0.25) is 0 Å². The van der Waals surface area contributed by atoms with Gasteiger partial charge in [0.1, 0.15) is 0 Å². The predicted octanol–water partition coefficient (Wildman–Crippen LogP) is 2.52. The molecule has 0 amide bonds. The van der Waals surface area contributed by atoms with Crippen LogP contribution in [0.25, 0.3) is 0 Å². The molecule has 1 saturated heterocycles. The molecule has 0 radical (unpaired) electrons. The number of piperidine rings is 1. The van der Waals surface area contributed by atoms with Gasteiger partial charge in [-0.15, -0.1) is 0 Å². The normalized spacial score (nSPS) is 20.7. The van der Waals surface area contributed by atoms with Crippen molar-refractivity contribution in [3.63, 3.8) is 0 Å². The zero-order chi connectivity index (χ0) is 15.9. The summed E-state index contributed by atoms with van der Waals surface area (Å²) in [5, 5.41) is 4.05. The van der Waals surface area contributed by atoms with Crippen molar-refractivity contribution in [2.24, 2.45) is 0 Å². The van der Waals surface area contributed by atoms with Crippen molar-refractivity contribution in [3.8, 4) is 0 Å². The molecule has 122 valence electrons. The minimum atomic E-state index is -3.40. The number of hydrogen-bond acceptors (Lipinski definition) is 5. The summed E-state index contributed by atoms with van der Waals surface area (Å²) in [6.07, 6.45) is 3.73. The summed E-state index contributed by atoms with van der Waals surface area (Å²) in [5.74, 6) is 2.13. The standard InChI is InChI=1S/C16H19N3O3S/c20-23(21,14-4-2-1-3-5-14)19-10-8-13(9-11-19)16-17-15(18-22-16)12-6-7-12/h1-5,12-13H,6-11H2. The van der Waals surface area contributed by atoms with Gasteiger partial charge in [0.15, 0.2) is 5.82 Å². The topological polar surface area (TPSA) is 76.3 Å². The molecule has 2 aromatic rings. The van der Waals surface area contributed by atoms with Crippen molar-refractivity contribution in [1.29, 1.82) is 0 Å². The van der Waals surface area contributed by atoms with Crippen molar-refractivity contribution < 1.29 is 12.9 Å². The molecule has 1 saturated carbocycles. The Morgan fingerprint density at radius 1 is 1.00 bits per heavy atom. The summed E-state index contributed by atoms with van der Waals surface area (Å²) >= 11 is 0. The lowest BCUT2D eigenvalue weighted by Gasteiger charge is -2.29. The molecule has 1 aliphatic heterocycles. The quantitative estimate of drug-likeness (QED) is 0.859. The van der Waals surface area contributed by atoms with Crippen molar-refractivity contribution >= 4 is 10.0 Å². The number of benzene rings is 1. The molecule has 2 fully saturated rings. The van der Waals surface area contributed by atoms with E-state index in [-0.39, 0.29) is 5.92 Å². The Balaban J connectivity index is 1.44. The Kier molecular flexibility index (Phi) is 3.69. The average molecular weight is 333 g/mol. The van der Waals surface area contributed by atoms with Gasteiger partial charge in [0.05, 0.1) is 4.90 Å². The highest BCUT2D eigenvalue weighted by Gasteiger charge is 2.34. The Hall–Kier alpha value is -1.73. The van der Waals surface area contributed by atoms with E-state index in [1.807, 2.05) is 6.07 Å². The number of sulfonamides is 1. The van der Waals surface area contributed by atoms with Crippen LogP contribution in [0, 0.1) is 0 Å². The summed E-state index contributed by atoms with van der Waals surface area (Å²) in [5.41, 5.74) is 0. The van der Waals surface area contributed by atoms with Crippen molar-refractivity contribution in [3.05, 3.63) is 42.0 Å². The molecule has 0 atom stereocenters. The zero-order valence-corrected chi connectivity index (χ0v) is 13.6. The van der Waals surface area contributed by atoms with Gasteiger partial charge in [0.25, 0.3) is 0 Å². The van der Waals surface area contributed by atoms with E-state index >= 15 is 0 Å². The van der Waals surface area contributed by atoms with Gasteiger partial charge in [-0.1, -0.05) is 23.4 Å². The van der Waals surface area contributed by atoms with E-state index in [0.29, 0.717) is 29.8 Å². The van der Waals surface area contributed by atoms with Gasteiger partial charge < -0.3 is 4.52 Å². The van der Waals surface area contributed by atoms with Gasteiger partial charge in [-0.25, -0.2) is 8.42 Å². The predicted molar refractivity (Wildman–Crippen MR) is 83.4 cm³/mol. The van der Waals surface area contributed by atoms with Crippen LogP contribution in [0.4, 0.5) is 0 Å². The third kappa shape index (κ3) is 2.90. The molecule has 1 aromatic heterocycles. The second-order valence-corrected chi connectivity index (χ2v) is 8.19. The van der Waals surface area contributed by atoms with Crippen LogP contribution in [-0.4, -0.2) is 36.0 Å². The Bertz CT molecular complexity index is 776. The van der Waals surface area contributed by atoms with Gasteiger partial charge >= 0.3 is 0 Å². The highest BCUT2D eigenvalue weighted by molar-refractivity contribution is 7.89. The van der Waals surface area contributed by atoms with Crippen LogP contribution in [0.1, 0.15) is 49.2 Å². The molecule has 1 aliphatic carbocycles. The summed E-state index contributed by atoms with van der Waals surface area (Å²) in [6.45, 7) is 0.978. The van der Waals surface area contributed by atoms with Crippen molar-refractivity contribution in [2.75, 3.05) is 13.1 Å². The highest BCUT2D eigenvalue weighted by atomic mass is 32.2. The third-order valence-corrected chi connectivity index (χ3v) is 6.50. The smallest absolute Gasteiger partial charge is 0.243 e. The average Bonchev–Trinajstić information content (AvgIpc) is 3.33. The SMILES string of the molecule is O=S(=O)(c1ccccc1)N1CCC(c2nc(C3CC3)no2)CC1. The van der Waals surface area contributed by atoms with Gasteiger partial charge in [0.2, 0.25) is 15.9 Å². The molecule has 1 aromatic carbocycles. The number of aromatic nitrogens is 2. The van der Waals surface area contributed by atoms with Gasteiger partial charge in [-0.2, -0.15) is 9.29 Å². The lowest BCUT2D eigenvalue weighted by Crippen LogP contribution is -2.37. The maximum Gasteiger partial charge on any atom is 0.243 e. The lowest BCUT2D eigenvalue weighted by molar-refractivity contribution is 0.270. The van der Waals surface area contributed by atoms with Gasteiger partial charge in [0, 0.05) is 24.9 Å². The highest BCUT2D eigenvalue weighted by Crippen LogP contribution is 2.39. The molecule has 4 rings (SSSR count). The first-order valence-corrected chi connectivity index (χ1v) is 9.47. The van der Waals surface area contributed by atoms with E-state index in [2.05, 4.69) is 10.1 Å². The first-order chi connectivity index (χ1) is 11.1. The molecule has 23 heavy (non-hydrogen) atoms. The van der Waals surface area contributed by atoms with E-state index < -0.39 is 10.0 Å². The van der Waals surface area contributed by atoms with Crippen LogP contribution in [-0.2, 0) is 10.0 Å². The second kappa shape index (κ2) is 5.72. The molecule has 6 nitrogen and oxygen atoms in total. The first-order valence-electron chi connectivity index (χ1n) is 8.03. The summed E-state index contributed by atoms with van der Waals surface area (Å²) < 4.78 is 32.1. The monoisotopic (exact) mass is 333 g/mol. The van der Waals surface area contributed by atoms with Crippen LogP contribution in [0.2, 0.25) is 0 Å². The Labute approximate surface area is 135 Å². The lowest BCUT2D eigenvalue weighted by atomic mass is 9.98. The van der Waals surface area contributed by atoms with E-state index in [9.17, 15) is 8.42 Å². The molecule has 2 heterocycles. The maximum absolute atomic E-state index is 12.6. The minimum Gasteiger partial charge on any atom is -0.339 e. The molecule has 2 aliphatic rings. The second-order valence-electron chi connectivity index (χ2n) is 6.26. The minimum absolute atomic E-state index is 0.164. The molecule has 7 heteroatoms. The summed E-state index contributed by atoms with van der Waals surface area (Å²) in [4.78, 5) is 4.85. The molecule has 0 N–H and O–H groups in total. The number of hydrogen-bond donors (Lipinski definition) is 0. The van der Waals surface area contributed by atoms with Gasteiger partial charge in [-0.05, 0) is 37.8 Å². The van der Waals surface area contributed by atoms with Crippen LogP contribution >= 0.6 is 0 Å². The van der Waals surface area contributed by atoms with Crippen LogP contribution < -0.4 is 0 Å². The van der Waals surface area contributed by atoms with E-state index in [1.54, 1.807) is 28.6 Å². The molecular formula is C16H19N3O3S. The number of rotatable bonds is 4. The number of nitrogens with zero attached hydrogens (tertiary/aromatic N) is 3. The van der Waals surface area contributed by atoms with Crippen molar-refractivity contribution in [1.82, 2.24) is 14.4 Å². The molecule has 0 bridgehead atoms.